The molecule has 2 nitrogen and oxygen atoms in total. The van der Waals surface area contributed by atoms with Gasteiger partial charge in [0, 0.05) is 36.8 Å². The van der Waals surface area contributed by atoms with E-state index in [0.29, 0.717) is 12.0 Å². The first-order valence-corrected chi connectivity index (χ1v) is 8.01. The van der Waals surface area contributed by atoms with Crippen LogP contribution in [0.2, 0.25) is 0 Å². The second-order valence-electron chi connectivity index (χ2n) is 7.65. The molecule has 0 amide bonds. The molecule has 1 aromatic carbocycles. The maximum Gasteiger partial charge on any atom is 0.127 e. The van der Waals surface area contributed by atoms with Gasteiger partial charge in [0.05, 0.1) is 0 Å². The summed E-state index contributed by atoms with van der Waals surface area (Å²) in [6.07, 6.45) is 1.22. The summed E-state index contributed by atoms with van der Waals surface area (Å²) in [4.78, 5) is 2.39. The molecule has 1 N–H and O–H groups in total. The Balaban J connectivity index is 2.05. The van der Waals surface area contributed by atoms with Crippen LogP contribution in [-0.2, 0) is 13.1 Å². The third kappa shape index (κ3) is 4.79. The monoisotopic (exact) mass is 292 g/mol. The number of hydrogen-bond donors (Lipinski definition) is 1. The van der Waals surface area contributed by atoms with Gasteiger partial charge in [0.2, 0.25) is 0 Å². The normalized spacial score (nSPS) is 23.7. The minimum atomic E-state index is -0.0822. The average Bonchev–Trinajstić information content (AvgIpc) is 2.68. The van der Waals surface area contributed by atoms with Crippen molar-refractivity contribution in [3.8, 4) is 0 Å². The molecule has 21 heavy (non-hydrogen) atoms. The second-order valence-corrected chi connectivity index (χ2v) is 7.65. The summed E-state index contributed by atoms with van der Waals surface area (Å²) < 4.78 is 14.1. The minimum absolute atomic E-state index is 0.0768. The molecular weight excluding hydrogens is 263 g/mol. The van der Waals surface area contributed by atoms with Crippen LogP contribution in [-0.4, -0.2) is 23.0 Å². The van der Waals surface area contributed by atoms with Crippen LogP contribution in [0.1, 0.15) is 52.2 Å². The molecule has 2 unspecified atom stereocenters. The number of likely N-dealkylation sites (tertiary alicyclic amines) is 1. The zero-order valence-electron chi connectivity index (χ0n) is 14.0. The van der Waals surface area contributed by atoms with Gasteiger partial charge in [0.15, 0.2) is 0 Å². The van der Waals surface area contributed by atoms with Crippen LogP contribution in [0.25, 0.3) is 0 Å². The van der Waals surface area contributed by atoms with Gasteiger partial charge in [-0.05, 0) is 51.7 Å². The number of rotatable bonds is 4. The van der Waals surface area contributed by atoms with Crippen LogP contribution in [0.4, 0.5) is 4.39 Å². The van der Waals surface area contributed by atoms with E-state index >= 15 is 0 Å². The van der Waals surface area contributed by atoms with E-state index < -0.39 is 0 Å². The van der Waals surface area contributed by atoms with Crippen molar-refractivity contribution < 1.29 is 4.39 Å². The molecule has 3 heteroatoms. The highest BCUT2D eigenvalue weighted by Crippen LogP contribution is 2.25. The third-order valence-electron chi connectivity index (χ3n) is 4.22. The minimum Gasteiger partial charge on any atom is -0.308 e. The lowest BCUT2D eigenvalue weighted by Gasteiger charge is -2.23. The van der Waals surface area contributed by atoms with Crippen molar-refractivity contribution in [2.24, 2.45) is 5.92 Å². The van der Waals surface area contributed by atoms with Gasteiger partial charge in [-0.3, -0.25) is 4.90 Å². The Hall–Kier alpha value is -0.930. The Bertz CT molecular complexity index is 479. The maximum absolute atomic E-state index is 14.1. The number of nitrogens with one attached hydrogen (secondary N) is 1. The summed E-state index contributed by atoms with van der Waals surface area (Å²) in [5.41, 5.74) is 2.05. The predicted molar refractivity (Wildman–Crippen MR) is 86.6 cm³/mol. The maximum atomic E-state index is 14.1. The van der Waals surface area contributed by atoms with Crippen LogP contribution in [0.5, 0.6) is 0 Å². The molecule has 0 saturated carbocycles. The van der Waals surface area contributed by atoms with Gasteiger partial charge in [-0.25, -0.2) is 4.39 Å². The summed E-state index contributed by atoms with van der Waals surface area (Å²) in [5.74, 6) is 0.634. The highest BCUT2D eigenvalue weighted by atomic mass is 19.1. The molecule has 1 aliphatic rings. The Labute approximate surface area is 128 Å². The van der Waals surface area contributed by atoms with E-state index in [1.807, 2.05) is 12.1 Å². The molecule has 1 aliphatic heterocycles. The van der Waals surface area contributed by atoms with Gasteiger partial charge in [0.25, 0.3) is 0 Å². The fraction of sp³-hybridized carbons (Fsp3) is 0.667. The largest absolute Gasteiger partial charge is 0.308 e. The lowest BCUT2D eigenvalue weighted by atomic mass is 10.1. The van der Waals surface area contributed by atoms with Crippen LogP contribution in [0.15, 0.2) is 18.2 Å². The first kappa shape index (κ1) is 16.4. The van der Waals surface area contributed by atoms with Crippen molar-refractivity contribution in [2.45, 2.75) is 65.7 Å². The molecule has 0 spiro atoms. The highest BCUT2D eigenvalue weighted by molar-refractivity contribution is 5.25. The van der Waals surface area contributed by atoms with Gasteiger partial charge in [-0.1, -0.05) is 19.1 Å². The first-order valence-electron chi connectivity index (χ1n) is 8.01. The molecule has 1 saturated heterocycles. The Morgan fingerprint density at radius 2 is 2.00 bits per heavy atom. The quantitative estimate of drug-likeness (QED) is 0.904. The van der Waals surface area contributed by atoms with Crippen molar-refractivity contribution in [1.82, 2.24) is 10.2 Å². The summed E-state index contributed by atoms with van der Waals surface area (Å²) in [7, 11) is 0. The van der Waals surface area contributed by atoms with Gasteiger partial charge >= 0.3 is 0 Å². The molecular formula is C18H29FN2. The smallest absolute Gasteiger partial charge is 0.127 e. The van der Waals surface area contributed by atoms with Crippen molar-refractivity contribution >= 4 is 0 Å². The molecule has 0 bridgehead atoms. The van der Waals surface area contributed by atoms with E-state index in [0.717, 1.165) is 30.8 Å². The fourth-order valence-electron chi connectivity index (χ4n) is 3.05. The molecule has 0 aromatic heterocycles. The number of benzene rings is 1. The summed E-state index contributed by atoms with van der Waals surface area (Å²) >= 11 is 0. The number of hydrogen-bond acceptors (Lipinski definition) is 2. The predicted octanol–water partition coefficient (Wildman–Crippen LogP) is 3.94. The topological polar surface area (TPSA) is 15.3 Å². The first-order chi connectivity index (χ1) is 9.74. The van der Waals surface area contributed by atoms with Crippen molar-refractivity contribution in [1.29, 1.82) is 0 Å². The molecule has 0 aliphatic carbocycles. The van der Waals surface area contributed by atoms with E-state index in [1.54, 1.807) is 6.07 Å². The van der Waals surface area contributed by atoms with Crippen molar-refractivity contribution in [2.75, 3.05) is 6.54 Å². The van der Waals surface area contributed by atoms with E-state index in [9.17, 15) is 4.39 Å². The fourth-order valence-corrected chi connectivity index (χ4v) is 3.05. The summed E-state index contributed by atoms with van der Waals surface area (Å²) in [6.45, 7) is 13.5. The van der Waals surface area contributed by atoms with Crippen LogP contribution >= 0.6 is 0 Å². The Kier molecular flexibility index (Phi) is 5.05. The lowest BCUT2D eigenvalue weighted by Crippen LogP contribution is -2.35. The SMILES string of the molecule is CC1CC(C)N(Cc2cc(CNC(C)(C)C)ccc2F)C1. The molecule has 118 valence electrons. The molecule has 1 aromatic rings. The third-order valence-corrected chi connectivity index (χ3v) is 4.22. The van der Waals surface area contributed by atoms with E-state index in [1.165, 1.54) is 6.42 Å². The lowest BCUT2D eigenvalue weighted by molar-refractivity contribution is 0.253. The van der Waals surface area contributed by atoms with Crippen LogP contribution < -0.4 is 5.32 Å². The van der Waals surface area contributed by atoms with E-state index in [-0.39, 0.29) is 11.4 Å². The van der Waals surface area contributed by atoms with Gasteiger partial charge in [-0.2, -0.15) is 0 Å². The van der Waals surface area contributed by atoms with E-state index in [4.69, 9.17) is 0 Å². The highest BCUT2D eigenvalue weighted by Gasteiger charge is 2.26. The molecule has 1 fully saturated rings. The van der Waals surface area contributed by atoms with Crippen molar-refractivity contribution in [3.05, 3.63) is 35.1 Å². The van der Waals surface area contributed by atoms with Crippen LogP contribution in [0, 0.1) is 11.7 Å². The molecule has 0 radical (unpaired) electrons. The zero-order chi connectivity index (χ0) is 15.6. The molecule has 2 rings (SSSR count). The molecule has 2 atom stereocenters. The van der Waals surface area contributed by atoms with Gasteiger partial charge in [-0.15, -0.1) is 0 Å². The number of halogens is 1. The summed E-state index contributed by atoms with van der Waals surface area (Å²) in [6, 6.07) is 6.06. The Morgan fingerprint density at radius 3 is 2.57 bits per heavy atom. The second kappa shape index (κ2) is 6.45. The van der Waals surface area contributed by atoms with E-state index in [2.05, 4.69) is 44.8 Å². The van der Waals surface area contributed by atoms with Crippen molar-refractivity contribution in [3.63, 3.8) is 0 Å². The van der Waals surface area contributed by atoms with Gasteiger partial charge < -0.3 is 5.32 Å². The Morgan fingerprint density at radius 1 is 1.29 bits per heavy atom. The standard InChI is InChI=1S/C18H29FN2/c1-13-8-14(2)21(11-13)12-16-9-15(6-7-17(16)19)10-20-18(3,4)5/h6-7,9,13-14,20H,8,10-12H2,1-5H3. The van der Waals surface area contributed by atoms with Crippen LogP contribution in [0.3, 0.4) is 0 Å². The average molecular weight is 292 g/mol. The molecule has 1 heterocycles. The number of nitrogens with zero attached hydrogens (tertiary/aromatic N) is 1. The van der Waals surface area contributed by atoms with Gasteiger partial charge in [0.1, 0.15) is 5.82 Å². The zero-order valence-corrected chi connectivity index (χ0v) is 14.0. The summed E-state index contributed by atoms with van der Waals surface area (Å²) in [5, 5.41) is 3.46.